The maximum atomic E-state index is 2.39. The number of fused-ring (bicyclic) bond motifs is 2. The van der Waals surface area contributed by atoms with Crippen molar-refractivity contribution in [3.63, 3.8) is 0 Å². The zero-order valence-corrected chi connectivity index (χ0v) is 15.0. The SMILES string of the molecule is CCc1cc2cc3ccc(Cc4ccccc4)cc3cc2cc1CC. The fourth-order valence-corrected chi connectivity index (χ4v) is 3.79. The molecule has 0 saturated carbocycles. The van der Waals surface area contributed by atoms with Gasteiger partial charge in [0, 0.05) is 0 Å². The van der Waals surface area contributed by atoms with Crippen molar-refractivity contribution in [3.8, 4) is 0 Å². The van der Waals surface area contributed by atoms with Crippen LogP contribution in [0.2, 0.25) is 0 Å². The van der Waals surface area contributed by atoms with Gasteiger partial charge in [-0.1, -0.05) is 74.5 Å². The van der Waals surface area contributed by atoms with Crippen LogP contribution in [0.25, 0.3) is 21.5 Å². The summed E-state index contributed by atoms with van der Waals surface area (Å²) in [4.78, 5) is 0. The van der Waals surface area contributed by atoms with E-state index >= 15 is 0 Å². The van der Waals surface area contributed by atoms with Gasteiger partial charge in [-0.15, -0.1) is 0 Å². The summed E-state index contributed by atoms with van der Waals surface area (Å²) in [6.45, 7) is 4.50. The molecule has 4 aromatic rings. The Bertz CT molecular complexity index is 1030. The molecule has 0 amide bonds. The van der Waals surface area contributed by atoms with Crippen LogP contribution >= 0.6 is 0 Å². The molecule has 124 valence electrons. The maximum Gasteiger partial charge on any atom is -0.00256 e. The van der Waals surface area contributed by atoms with Gasteiger partial charge in [-0.05, 0) is 75.2 Å². The van der Waals surface area contributed by atoms with Gasteiger partial charge >= 0.3 is 0 Å². The Kier molecular flexibility index (Phi) is 4.28. The summed E-state index contributed by atoms with van der Waals surface area (Å²) in [7, 11) is 0. The molecular weight excluding hydrogens is 300 g/mol. The third kappa shape index (κ3) is 3.17. The Labute approximate surface area is 150 Å². The molecule has 0 aliphatic carbocycles. The van der Waals surface area contributed by atoms with E-state index in [0.29, 0.717) is 0 Å². The average molecular weight is 324 g/mol. The average Bonchev–Trinajstić information content (AvgIpc) is 2.66. The lowest BCUT2D eigenvalue weighted by Crippen LogP contribution is -1.92. The zero-order chi connectivity index (χ0) is 17.2. The largest absolute Gasteiger partial charge is 0.0622 e. The topological polar surface area (TPSA) is 0 Å². The van der Waals surface area contributed by atoms with Crippen LogP contribution < -0.4 is 0 Å². The summed E-state index contributed by atoms with van der Waals surface area (Å²) in [5.41, 5.74) is 5.70. The van der Waals surface area contributed by atoms with Gasteiger partial charge in [-0.3, -0.25) is 0 Å². The molecular formula is C25H24. The molecule has 0 heterocycles. The van der Waals surface area contributed by atoms with E-state index in [9.17, 15) is 0 Å². The van der Waals surface area contributed by atoms with Crippen molar-refractivity contribution in [2.45, 2.75) is 33.1 Å². The van der Waals surface area contributed by atoms with Crippen LogP contribution in [0.3, 0.4) is 0 Å². The van der Waals surface area contributed by atoms with E-state index in [-0.39, 0.29) is 0 Å². The van der Waals surface area contributed by atoms with E-state index in [4.69, 9.17) is 0 Å². The normalized spacial score (nSPS) is 11.3. The molecule has 0 nitrogen and oxygen atoms in total. The maximum absolute atomic E-state index is 2.39. The van der Waals surface area contributed by atoms with Gasteiger partial charge in [-0.25, -0.2) is 0 Å². The zero-order valence-electron chi connectivity index (χ0n) is 15.0. The van der Waals surface area contributed by atoms with Crippen LogP contribution in [0.4, 0.5) is 0 Å². The molecule has 4 rings (SSSR count). The summed E-state index contributed by atoms with van der Waals surface area (Å²) >= 11 is 0. The Hall–Kier alpha value is -2.60. The molecule has 0 N–H and O–H groups in total. The molecule has 0 spiro atoms. The van der Waals surface area contributed by atoms with E-state index in [1.165, 1.54) is 43.8 Å². The van der Waals surface area contributed by atoms with Gasteiger partial charge in [0.15, 0.2) is 0 Å². The smallest absolute Gasteiger partial charge is 0.00256 e. The lowest BCUT2D eigenvalue weighted by Gasteiger charge is -2.11. The summed E-state index contributed by atoms with van der Waals surface area (Å²) < 4.78 is 0. The Balaban J connectivity index is 1.80. The van der Waals surface area contributed by atoms with E-state index in [0.717, 1.165) is 19.3 Å². The second-order valence-electron chi connectivity index (χ2n) is 6.87. The molecule has 0 radical (unpaired) electrons. The van der Waals surface area contributed by atoms with Crippen LogP contribution in [0, 0.1) is 0 Å². The molecule has 0 atom stereocenters. The first-order valence-electron chi connectivity index (χ1n) is 9.29. The van der Waals surface area contributed by atoms with E-state index < -0.39 is 0 Å². The Morgan fingerprint density at radius 2 is 1.12 bits per heavy atom. The monoisotopic (exact) mass is 324 g/mol. The molecule has 0 fully saturated rings. The van der Waals surface area contributed by atoms with Gasteiger partial charge in [-0.2, -0.15) is 0 Å². The summed E-state index contributed by atoms with van der Waals surface area (Å²) in [5, 5.41) is 5.39. The van der Waals surface area contributed by atoms with Crippen molar-refractivity contribution in [2.24, 2.45) is 0 Å². The first kappa shape index (κ1) is 15.9. The molecule has 0 bridgehead atoms. The minimum absolute atomic E-state index is 0.990. The van der Waals surface area contributed by atoms with Crippen LogP contribution in [0.15, 0.2) is 72.8 Å². The molecule has 0 aliphatic rings. The minimum atomic E-state index is 0.990. The highest BCUT2D eigenvalue weighted by Gasteiger charge is 2.05. The first-order chi connectivity index (χ1) is 12.3. The number of rotatable bonds is 4. The highest BCUT2D eigenvalue weighted by Crippen LogP contribution is 2.27. The second kappa shape index (κ2) is 6.72. The molecule has 0 unspecified atom stereocenters. The lowest BCUT2D eigenvalue weighted by molar-refractivity contribution is 1.04. The van der Waals surface area contributed by atoms with Crippen molar-refractivity contribution >= 4 is 21.5 Å². The summed E-state index contributed by atoms with van der Waals surface area (Å²) in [5.74, 6) is 0. The third-order valence-corrected chi connectivity index (χ3v) is 5.19. The lowest BCUT2D eigenvalue weighted by atomic mass is 9.94. The van der Waals surface area contributed by atoms with E-state index in [1.54, 1.807) is 0 Å². The predicted octanol–water partition coefficient (Wildman–Crippen LogP) is 6.71. The van der Waals surface area contributed by atoms with Crippen molar-refractivity contribution in [2.75, 3.05) is 0 Å². The molecule has 0 aliphatic heterocycles. The molecule has 0 aromatic heterocycles. The Morgan fingerprint density at radius 1 is 0.520 bits per heavy atom. The first-order valence-corrected chi connectivity index (χ1v) is 9.29. The van der Waals surface area contributed by atoms with Gasteiger partial charge in [0.05, 0.1) is 0 Å². The van der Waals surface area contributed by atoms with Crippen LogP contribution in [0.5, 0.6) is 0 Å². The number of hydrogen-bond acceptors (Lipinski definition) is 0. The standard InChI is InChI=1S/C25H24/c1-3-20-14-24-16-22-11-10-19(12-18-8-6-5-7-9-18)13-23(22)17-25(24)15-21(20)4-2/h5-11,13-17H,3-4,12H2,1-2H3. The second-order valence-corrected chi connectivity index (χ2v) is 6.87. The van der Waals surface area contributed by atoms with Crippen molar-refractivity contribution in [3.05, 3.63) is 95.1 Å². The van der Waals surface area contributed by atoms with Gasteiger partial charge < -0.3 is 0 Å². The Morgan fingerprint density at radius 3 is 1.76 bits per heavy atom. The van der Waals surface area contributed by atoms with Crippen LogP contribution in [-0.2, 0) is 19.3 Å². The van der Waals surface area contributed by atoms with Crippen molar-refractivity contribution in [1.29, 1.82) is 0 Å². The molecule has 0 heteroatoms. The third-order valence-electron chi connectivity index (χ3n) is 5.19. The summed E-state index contributed by atoms with van der Waals surface area (Å²) in [6, 6.07) is 27.1. The number of hydrogen-bond donors (Lipinski definition) is 0. The highest BCUT2D eigenvalue weighted by molar-refractivity contribution is 5.99. The van der Waals surface area contributed by atoms with Crippen molar-refractivity contribution in [1.82, 2.24) is 0 Å². The van der Waals surface area contributed by atoms with Gasteiger partial charge in [0.25, 0.3) is 0 Å². The van der Waals surface area contributed by atoms with Crippen LogP contribution in [0.1, 0.15) is 36.1 Å². The quantitative estimate of drug-likeness (QED) is 0.366. The molecule has 0 saturated heterocycles. The van der Waals surface area contributed by atoms with E-state index in [2.05, 4.69) is 86.6 Å². The van der Waals surface area contributed by atoms with Crippen molar-refractivity contribution < 1.29 is 0 Å². The molecule has 4 aromatic carbocycles. The molecule has 25 heavy (non-hydrogen) atoms. The van der Waals surface area contributed by atoms with Gasteiger partial charge in [0.2, 0.25) is 0 Å². The fraction of sp³-hybridized carbons (Fsp3) is 0.200. The number of aryl methyl sites for hydroxylation is 2. The fourth-order valence-electron chi connectivity index (χ4n) is 3.79. The van der Waals surface area contributed by atoms with Gasteiger partial charge in [0.1, 0.15) is 0 Å². The summed E-state index contributed by atoms with van der Waals surface area (Å²) in [6.07, 6.45) is 3.20. The van der Waals surface area contributed by atoms with E-state index in [1.807, 2.05) is 0 Å². The minimum Gasteiger partial charge on any atom is -0.0622 e. The number of benzene rings is 4. The van der Waals surface area contributed by atoms with Crippen LogP contribution in [-0.4, -0.2) is 0 Å². The highest BCUT2D eigenvalue weighted by atomic mass is 14.1. The predicted molar refractivity (Wildman–Crippen MR) is 109 cm³/mol.